The zero-order chi connectivity index (χ0) is 15.0. The quantitative estimate of drug-likeness (QED) is 0.807. The van der Waals surface area contributed by atoms with Crippen molar-refractivity contribution in [1.82, 2.24) is 14.9 Å². The number of amides is 1. The van der Waals surface area contributed by atoms with Crippen LogP contribution in [0.2, 0.25) is 0 Å². The van der Waals surface area contributed by atoms with Crippen LogP contribution in [-0.4, -0.2) is 27.3 Å². The van der Waals surface area contributed by atoms with Crippen molar-refractivity contribution < 1.29 is 4.79 Å². The Kier molecular flexibility index (Phi) is 3.45. The summed E-state index contributed by atoms with van der Waals surface area (Å²) in [5, 5.41) is 0. The molecule has 21 heavy (non-hydrogen) atoms. The number of fused-ring (bicyclic) bond motifs is 1. The molecule has 0 fully saturated rings. The normalized spacial score (nSPS) is 14.0. The van der Waals surface area contributed by atoms with Crippen LogP contribution in [0, 0.1) is 20.8 Å². The summed E-state index contributed by atoms with van der Waals surface area (Å²) in [5.41, 5.74) is 5.14. The predicted molar refractivity (Wildman–Crippen MR) is 81.1 cm³/mol. The summed E-state index contributed by atoms with van der Waals surface area (Å²) in [6.45, 7) is 7.24. The largest absolute Gasteiger partial charge is 0.334 e. The van der Waals surface area contributed by atoms with Crippen LogP contribution >= 0.6 is 0 Å². The highest BCUT2D eigenvalue weighted by Crippen LogP contribution is 2.20. The van der Waals surface area contributed by atoms with E-state index in [1.54, 1.807) is 0 Å². The van der Waals surface area contributed by atoms with Crippen molar-refractivity contribution in [2.75, 3.05) is 6.54 Å². The Balaban J connectivity index is 1.85. The van der Waals surface area contributed by atoms with Gasteiger partial charge in [-0.15, -0.1) is 0 Å². The number of hydrogen-bond donors (Lipinski definition) is 0. The number of carbonyl (C=O) groups is 1. The van der Waals surface area contributed by atoms with Gasteiger partial charge in [-0.05, 0) is 32.4 Å². The Morgan fingerprint density at radius 2 is 2.05 bits per heavy atom. The third kappa shape index (κ3) is 2.66. The molecule has 0 spiro atoms. The molecule has 0 bridgehead atoms. The van der Waals surface area contributed by atoms with Gasteiger partial charge in [-0.1, -0.05) is 17.7 Å². The van der Waals surface area contributed by atoms with E-state index in [0.29, 0.717) is 6.54 Å². The van der Waals surface area contributed by atoms with Crippen LogP contribution < -0.4 is 0 Å². The molecule has 2 heterocycles. The second-order valence-corrected chi connectivity index (χ2v) is 5.68. The molecule has 0 unspecified atom stereocenters. The van der Waals surface area contributed by atoms with Gasteiger partial charge in [0.05, 0.1) is 5.69 Å². The monoisotopic (exact) mass is 281 g/mol. The van der Waals surface area contributed by atoms with E-state index in [0.717, 1.165) is 41.2 Å². The first-order chi connectivity index (χ1) is 10.0. The van der Waals surface area contributed by atoms with Gasteiger partial charge < -0.3 is 4.90 Å². The van der Waals surface area contributed by atoms with E-state index >= 15 is 0 Å². The smallest absolute Gasteiger partial charge is 0.254 e. The van der Waals surface area contributed by atoms with Crippen LogP contribution in [0.15, 0.2) is 24.4 Å². The van der Waals surface area contributed by atoms with E-state index in [1.807, 2.05) is 44.0 Å². The maximum absolute atomic E-state index is 12.7. The van der Waals surface area contributed by atoms with Gasteiger partial charge in [-0.2, -0.15) is 0 Å². The van der Waals surface area contributed by atoms with E-state index in [2.05, 4.69) is 16.0 Å². The molecule has 1 aliphatic rings. The molecule has 1 aromatic carbocycles. The summed E-state index contributed by atoms with van der Waals surface area (Å²) in [6, 6.07) is 5.97. The minimum atomic E-state index is 0.0960. The summed E-state index contributed by atoms with van der Waals surface area (Å²) in [6.07, 6.45) is 2.65. The molecule has 0 radical (unpaired) electrons. The first-order valence-electron chi connectivity index (χ1n) is 7.22. The fourth-order valence-corrected chi connectivity index (χ4v) is 2.81. The van der Waals surface area contributed by atoms with Crippen molar-refractivity contribution in [2.24, 2.45) is 0 Å². The first kappa shape index (κ1) is 13.7. The molecule has 1 aromatic heterocycles. The Hall–Kier alpha value is -2.23. The van der Waals surface area contributed by atoms with Crippen molar-refractivity contribution >= 4 is 5.91 Å². The van der Waals surface area contributed by atoms with Crippen LogP contribution in [-0.2, 0) is 13.0 Å². The molecule has 1 amide bonds. The summed E-state index contributed by atoms with van der Waals surface area (Å²) >= 11 is 0. The van der Waals surface area contributed by atoms with Gasteiger partial charge in [-0.3, -0.25) is 4.79 Å². The molecular formula is C17H19N3O. The predicted octanol–water partition coefficient (Wildman–Crippen LogP) is 2.60. The fraction of sp³-hybridized carbons (Fsp3) is 0.353. The molecule has 4 heteroatoms. The van der Waals surface area contributed by atoms with Crippen molar-refractivity contribution in [3.05, 3.63) is 58.2 Å². The Bertz CT molecular complexity index is 709. The minimum Gasteiger partial charge on any atom is -0.334 e. The highest BCUT2D eigenvalue weighted by atomic mass is 16.2. The third-order valence-electron chi connectivity index (χ3n) is 3.95. The van der Waals surface area contributed by atoms with E-state index in [-0.39, 0.29) is 5.91 Å². The molecule has 108 valence electrons. The fourth-order valence-electron chi connectivity index (χ4n) is 2.81. The van der Waals surface area contributed by atoms with Gasteiger partial charge in [0.25, 0.3) is 5.91 Å². The standard InChI is InChI=1S/C17H19N3O/c1-11-4-5-15(12(2)8-11)17(21)20-7-6-16-14(10-20)9-18-13(3)19-16/h4-5,8-9H,6-7,10H2,1-3H3. The minimum absolute atomic E-state index is 0.0960. The summed E-state index contributed by atoms with van der Waals surface area (Å²) < 4.78 is 0. The first-order valence-corrected chi connectivity index (χ1v) is 7.22. The van der Waals surface area contributed by atoms with E-state index < -0.39 is 0 Å². The van der Waals surface area contributed by atoms with E-state index in [1.165, 1.54) is 5.56 Å². The number of benzene rings is 1. The van der Waals surface area contributed by atoms with Gasteiger partial charge in [0.1, 0.15) is 5.82 Å². The van der Waals surface area contributed by atoms with Crippen LogP contribution in [0.4, 0.5) is 0 Å². The van der Waals surface area contributed by atoms with Gasteiger partial charge >= 0.3 is 0 Å². The highest BCUT2D eigenvalue weighted by Gasteiger charge is 2.23. The zero-order valence-electron chi connectivity index (χ0n) is 12.7. The highest BCUT2D eigenvalue weighted by molar-refractivity contribution is 5.95. The maximum Gasteiger partial charge on any atom is 0.254 e. The molecule has 0 N–H and O–H groups in total. The molecule has 0 aliphatic carbocycles. The molecule has 3 rings (SSSR count). The van der Waals surface area contributed by atoms with E-state index in [9.17, 15) is 4.79 Å². The molecule has 1 aliphatic heterocycles. The zero-order valence-corrected chi connectivity index (χ0v) is 12.7. The van der Waals surface area contributed by atoms with Crippen molar-refractivity contribution in [3.63, 3.8) is 0 Å². The molecule has 4 nitrogen and oxygen atoms in total. The lowest BCUT2D eigenvalue weighted by Crippen LogP contribution is -2.36. The van der Waals surface area contributed by atoms with Gasteiger partial charge in [0.2, 0.25) is 0 Å². The van der Waals surface area contributed by atoms with Crippen molar-refractivity contribution in [3.8, 4) is 0 Å². The van der Waals surface area contributed by atoms with Crippen LogP contribution in [0.3, 0.4) is 0 Å². The number of rotatable bonds is 1. The summed E-state index contributed by atoms with van der Waals surface area (Å²) in [7, 11) is 0. The SMILES string of the molecule is Cc1ccc(C(=O)N2CCc3nc(C)ncc3C2)c(C)c1. The Labute approximate surface area is 124 Å². The molecular weight excluding hydrogens is 262 g/mol. The number of aryl methyl sites for hydroxylation is 3. The molecule has 2 aromatic rings. The molecule has 0 saturated carbocycles. The van der Waals surface area contributed by atoms with Crippen LogP contribution in [0.25, 0.3) is 0 Å². The molecule has 0 saturated heterocycles. The molecule has 0 atom stereocenters. The second kappa shape index (κ2) is 5.28. The summed E-state index contributed by atoms with van der Waals surface area (Å²) in [4.78, 5) is 23.3. The average Bonchev–Trinajstić information content (AvgIpc) is 2.46. The lowest BCUT2D eigenvalue weighted by molar-refractivity contribution is 0.0732. The Morgan fingerprint density at radius 3 is 2.81 bits per heavy atom. The van der Waals surface area contributed by atoms with Crippen molar-refractivity contribution in [1.29, 1.82) is 0 Å². The maximum atomic E-state index is 12.7. The second-order valence-electron chi connectivity index (χ2n) is 5.68. The van der Waals surface area contributed by atoms with E-state index in [4.69, 9.17) is 0 Å². The van der Waals surface area contributed by atoms with Gasteiger partial charge in [0, 0.05) is 36.8 Å². The third-order valence-corrected chi connectivity index (χ3v) is 3.95. The van der Waals surface area contributed by atoms with Crippen molar-refractivity contribution in [2.45, 2.75) is 33.7 Å². The average molecular weight is 281 g/mol. The topological polar surface area (TPSA) is 46.1 Å². The lowest BCUT2D eigenvalue weighted by atomic mass is 10.0. The van der Waals surface area contributed by atoms with Gasteiger partial charge in [-0.25, -0.2) is 9.97 Å². The van der Waals surface area contributed by atoms with Crippen LogP contribution in [0.1, 0.15) is 38.6 Å². The number of hydrogen-bond acceptors (Lipinski definition) is 3. The number of carbonyl (C=O) groups excluding carboxylic acids is 1. The van der Waals surface area contributed by atoms with Gasteiger partial charge in [0.15, 0.2) is 0 Å². The number of nitrogens with zero attached hydrogens (tertiary/aromatic N) is 3. The lowest BCUT2D eigenvalue weighted by Gasteiger charge is -2.28. The summed E-state index contributed by atoms with van der Waals surface area (Å²) in [5.74, 6) is 0.890. The Morgan fingerprint density at radius 1 is 1.24 bits per heavy atom. The van der Waals surface area contributed by atoms with Crippen LogP contribution in [0.5, 0.6) is 0 Å². The number of aromatic nitrogens is 2.